The molecular weight excluding hydrogens is 176 g/mol. The Kier molecular flexibility index (Phi) is 1.58. The molecule has 0 amide bonds. The zero-order valence-electron chi connectivity index (χ0n) is 6.64. The van der Waals surface area contributed by atoms with Crippen LogP contribution < -0.4 is 10.7 Å². The molecule has 0 aliphatic carbocycles. The van der Waals surface area contributed by atoms with Gasteiger partial charge in [0.2, 0.25) is 11.5 Å². The second kappa shape index (κ2) is 2.59. The standard InChI is InChI=1S/C5H7N6S/c1-4-7-8-5(12-4)11-9-6-3-10(11)2/h9H,1-2H3. The Hall–Kier alpha value is -1.37. The average Bonchev–Trinajstić information content (AvgIpc) is 2.58. The fourth-order valence-corrected chi connectivity index (χ4v) is 1.47. The minimum absolute atomic E-state index is 0.753. The molecule has 2 rings (SSSR count). The van der Waals surface area contributed by atoms with Crippen molar-refractivity contribution < 1.29 is 0 Å². The first-order chi connectivity index (χ1) is 5.77. The van der Waals surface area contributed by atoms with E-state index >= 15 is 0 Å². The summed E-state index contributed by atoms with van der Waals surface area (Å²) in [5.74, 6) is 0. The summed E-state index contributed by atoms with van der Waals surface area (Å²) < 4.78 is 0. The van der Waals surface area contributed by atoms with Gasteiger partial charge in [-0.3, -0.25) is 0 Å². The molecule has 63 valence electrons. The van der Waals surface area contributed by atoms with Gasteiger partial charge in [-0.2, -0.15) is 5.53 Å². The number of nitrogens with one attached hydrogen (secondary N) is 1. The molecule has 0 spiro atoms. The number of hydrogen-bond donors (Lipinski definition) is 1. The molecule has 0 saturated carbocycles. The van der Waals surface area contributed by atoms with Crippen LogP contribution in [0.4, 0.5) is 5.13 Å². The summed E-state index contributed by atoms with van der Waals surface area (Å²) in [6.45, 7) is 1.90. The Morgan fingerprint density at radius 3 is 2.83 bits per heavy atom. The second-order valence-corrected chi connectivity index (χ2v) is 3.41. The van der Waals surface area contributed by atoms with Gasteiger partial charge >= 0.3 is 0 Å². The summed E-state index contributed by atoms with van der Waals surface area (Å²) in [5.41, 5.74) is 2.72. The Balaban J connectivity index is 2.21. The lowest BCUT2D eigenvalue weighted by Gasteiger charge is -2.19. The third-order valence-electron chi connectivity index (χ3n) is 1.34. The molecule has 0 saturated heterocycles. The lowest BCUT2D eigenvalue weighted by Crippen LogP contribution is -2.40. The number of aromatic nitrogens is 2. The summed E-state index contributed by atoms with van der Waals surface area (Å²) >= 11 is 1.49. The minimum Gasteiger partial charge on any atom is -0.244 e. The molecule has 1 aliphatic heterocycles. The normalized spacial score (nSPS) is 15.5. The maximum Gasteiger partial charge on any atom is 0.248 e. The highest BCUT2D eigenvalue weighted by molar-refractivity contribution is 7.15. The molecule has 1 aliphatic rings. The first-order valence-electron chi connectivity index (χ1n) is 3.32. The van der Waals surface area contributed by atoms with E-state index in [0.717, 1.165) is 10.1 Å². The molecule has 1 N–H and O–H groups in total. The maximum atomic E-state index is 3.94. The highest BCUT2D eigenvalue weighted by atomic mass is 32.1. The summed E-state index contributed by atoms with van der Waals surface area (Å²) in [4.78, 5) is 0. The molecular formula is C5H7N6S. The molecule has 1 aromatic rings. The van der Waals surface area contributed by atoms with E-state index in [1.807, 2.05) is 14.0 Å². The molecule has 12 heavy (non-hydrogen) atoms. The van der Waals surface area contributed by atoms with Crippen LogP contribution in [-0.2, 0) is 0 Å². The van der Waals surface area contributed by atoms with Crippen LogP contribution in [0, 0.1) is 6.92 Å². The van der Waals surface area contributed by atoms with Crippen molar-refractivity contribution in [3.05, 3.63) is 5.01 Å². The summed E-state index contributed by atoms with van der Waals surface area (Å²) in [7, 11) is 1.82. The molecule has 0 unspecified atom stereocenters. The zero-order chi connectivity index (χ0) is 8.55. The van der Waals surface area contributed by atoms with Crippen molar-refractivity contribution in [2.75, 3.05) is 12.2 Å². The first-order valence-corrected chi connectivity index (χ1v) is 4.14. The molecule has 6 nitrogen and oxygen atoms in total. The third kappa shape index (κ3) is 1.07. The van der Waals surface area contributed by atoms with Crippen molar-refractivity contribution in [3.63, 3.8) is 0 Å². The number of rotatable bonds is 1. The quantitative estimate of drug-likeness (QED) is 0.655. The Morgan fingerprint density at radius 1 is 1.50 bits per heavy atom. The van der Waals surface area contributed by atoms with E-state index in [0.29, 0.717) is 0 Å². The van der Waals surface area contributed by atoms with Crippen molar-refractivity contribution >= 4 is 22.8 Å². The number of hydrazine groups is 2. The highest BCUT2D eigenvalue weighted by Crippen LogP contribution is 2.19. The van der Waals surface area contributed by atoms with Gasteiger partial charge in [0.1, 0.15) is 5.01 Å². The Morgan fingerprint density at radius 2 is 2.33 bits per heavy atom. The molecule has 1 radical (unpaired) electrons. The molecule has 0 atom stereocenters. The fourth-order valence-electron chi connectivity index (χ4n) is 0.797. The molecule has 0 aromatic carbocycles. The SMILES string of the molecule is Cc1nnc(N2NN=[C]N2C)s1. The van der Waals surface area contributed by atoms with Gasteiger partial charge in [-0.25, -0.2) is 5.01 Å². The maximum absolute atomic E-state index is 3.94. The monoisotopic (exact) mass is 183 g/mol. The van der Waals surface area contributed by atoms with Crippen LogP contribution in [0.5, 0.6) is 0 Å². The second-order valence-electron chi connectivity index (χ2n) is 2.25. The smallest absolute Gasteiger partial charge is 0.244 e. The van der Waals surface area contributed by atoms with Crippen molar-refractivity contribution in [2.24, 2.45) is 5.10 Å². The zero-order valence-corrected chi connectivity index (χ0v) is 7.46. The minimum atomic E-state index is 0.753. The number of nitrogens with zero attached hydrogens (tertiary/aromatic N) is 5. The van der Waals surface area contributed by atoms with E-state index < -0.39 is 0 Å². The number of hydrazone groups is 1. The fraction of sp³-hybridized carbons (Fsp3) is 0.400. The van der Waals surface area contributed by atoms with Gasteiger partial charge in [0.15, 0.2) is 0 Å². The Bertz CT molecular complexity index is 307. The largest absolute Gasteiger partial charge is 0.248 e. The number of aryl methyl sites for hydroxylation is 1. The van der Waals surface area contributed by atoms with Crippen molar-refractivity contribution in [1.82, 2.24) is 20.7 Å². The predicted octanol–water partition coefficient (Wildman–Crippen LogP) is -0.162. The van der Waals surface area contributed by atoms with E-state index in [4.69, 9.17) is 0 Å². The van der Waals surface area contributed by atoms with Crippen LogP contribution in [0.3, 0.4) is 0 Å². The van der Waals surface area contributed by atoms with Crippen molar-refractivity contribution in [3.8, 4) is 0 Å². The topological polar surface area (TPSA) is 56.7 Å². The van der Waals surface area contributed by atoms with E-state index in [2.05, 4.69) is 27.2 Å². The summed E-state index contributed by atoms with van der Waals surface area (Å²) in [6.07, 6.45) is 2.69. The van der Waals surface area contributed by atoms with E-state index in [9.17, 15) is 0 Å². The molecule has 1 aromatic heterocycles. The predicted molar refractivity (Wildman–Crippen MR) is 45.5 cm³/mol. The van der Waals surface area contributed by atoms with E-state index in [-0.39, 0.29) is 0 Å². The molecule has 2 heterocycles. The van der Waals surface area contributed by atoms with Crippen molar-refractivity contribution in [1.29, 1.82) is 0 Å². The van der Waals surface area contributed by atoms with Gasteiger partial charge in [-0.1, -0.05) is 11.3 Å². The lowest BCUT2D eigenvalue weighted by atomic mass is 10.9. The third-order valence-corrected chi connectivity index (χ3v) is 2.15. The van der Waals surface area contributed by atoms with E-state index in [1.54, 1.807) is 10.1 Å². The van der Waals surface area contributed by atoms with Crippen LogP contribution in [0.15, 0.2) is 5.10 Å². The van der Waals surface area contributed by atoms with Gasteiger partial charge in [0, 0.05) is 7.05 Å². The van der Waals surface area contributed by atoms with Gasteiger partial charge in [0.25, 0.3) is 0 Å². The number of anilines is 1. The van der Waals surface area contributed by atoms with E-state index in [1.165, 1.54) is 11.3 Å². The van der Waals surface area contributed by atoms with Crippen LogP contribution >= 0.6 is 11.3 Å². The van der Waals surface area contributed by atoms with Crippen LogP contribution in [0.1, 0.15) is 5.01 Å². The highest BCUT2D eigenvalue weighted by Gasteiger charge is 2.18. The summed E-state index contributed by atoms with van der Waals surface area (Å²) in [6, 6.07) is 0. The summed E-state index contributed by atoms with van der Waals surface area (Å²) in [5, 5.41) is 16.5. The lowest BCUT2D eigenvalue weighted by molar-refractivity contribution is 0.448. The molecule has 7 heteroatoms. The van der Waals surface area contributed by atoms with Gasteiger partial charge in [-0.05, 0) is 6.92 Å². The molecule has 0 bridgehead atoms. The molecule has 0 fully saturated rings. The van der Waals surface area contributed by atoms with Crippen molar-refractivity contribution in [2.45, 2.75) is 6.92 Å². The average molecular weight is 183 g/mol. The van der Waals surface area contributed by atoms with Gasteiger partial charge in [-0.15, -0.1) is 20.4 Å². The van der Waals surface area contributed by atoms with Crippen LogP contribution in [0.2, 0.25) is 0 Å². The first kappa shape index (κ1) is 7.29. The van der Waals surface area contributed by atoms with Gasteiger partial charge < -0.3 is 0 Å². The van der Waals surface area contributed by atoms with Crippen LogP contribution in [0.25, 0.3) is 0 Å². The van der Waals surface area contributed by atoms with Gasteiger partial charge in [0.05, 0.1) is 0 Å². The number of hydrogen-bond acceptors (Lipinski definition) is 7. The van der Waals surface area contributed by atoms with Crippen LogP contribution in [-0.4, -0.2) is 28.6 Å². The Labute approximate surface area is 73.4 Å².